The molecule has 0 N–H and O–H groups in total. The van der Waals surface area contributed by atoms with Crippen LogP contribution in [0.2, 0.25) is 0 Å². The second-order valence-corrected chi connectivity index (χ2v) is 14.4. The van der Waals surface area contributed by atoms with Crippen LogP contribution >= 0.6 is 0 Å². The second-order valence-electron chi connectivity index (χ2n) is 14.4. The van der Waals surface area contributed by atoms with Gasteiger partial charge in [0.2, 0.25) is 0 Å². The van der Waals surface area contributed by atoms with Crippen LogP contribution in [-0.2, 0) is 5.41 Å². The van der Waals surface area contributed by atoms with E-state index in [2.05, 4.69) is 217 Å². The first-order valence-corrected chi connectivity index (χ1v) is 18.9. The highest BCUT2D eigenvalue weighted by Gasteiger charge is 2.51. The number of hydrogen-bond acceptors (Lipinski definition) is 2. The Kier molecular flexibility index (Phi) is 7.11. The molecular formula is C53H35NO. The lowest BCUT2D eigenvalue weighted by Gasteiger charge is -2.40. The number of rotatable bonds is 5. The van der Waals surface area contributed by atoms with Gasteiger partial charge in [-0.2, -0.15) is 0 Å². The third-order valence-electron chi connectivity index (χ3n) is 11.5. The average molecular weight is 702 g/mol. The van der Waals surface area contributed by atoms with Gasteiger partial charge in [-0.15, -0.1) is 0 Å². The number of para-hydroxylation sites is 2. The predicted octanol–water partition coefficient (Wildman–Crippen LogP) is 14.1. The Labute approximate surface area is 321 Å². The van der Waals surface area contributed by atoms with Gasteiger partial charge in [-0.05, 0) is 86.1 Å². The van der Waals surface area contributed by atoms with Gasteiger partial charge in [0.25, 0.3) is 0 Å². The molecule has 1 heterocycles. The van der Waals surface area contributed by atoms with E-state index < -0.39 is 5.41 Å². The van der Waals surface area contributed by atoms with Crippen LogP contribution in [-0.4, -0.2) is 0 Å². The van der Waals surface area contributed by atoms with Crippen molar-refractivity contribution in [2.75, 3.05) is 4.90 Å². The summed E-state index contributed by atoms with van der Waals surface area (Å²) in [5.74, 6) is 1.74. The molecule has 55 heavy (non-hydrogen) atoms. The number of fused-ring (bicyclic) bond motifs is 10. The first kappa shape index (κ1) is 31.4. The lowest BCUT2D eigenvalue weighted by atomic mass is 9.66. The third kappa shape index (κ3) is 4.82. The van der Waals surface area contributed by atoms with E-state index in [1.54, 1.807) is 0 Å². The van der Waals surface area contributed by atoms with Crippen molar-refractivity contribution in [1.29, 1.82) is 0 Å². The standard InChI is InChI=1S/C53H35NO/c1-2-15-38(16-3-1)43-18-8-12-24-50(43)54(41-30-28-37(29-31-41)40-27-26-36-14-4-5-17-39(36)34-40)42-32-33-49-52(35-42)55-51-25-13-11-23-48(51)53(49)46-21-9-6-19-44(46)45-20-7-10-22-47(45)53/h1-35H. The van der Waals surface area contributed by atoms with Crippen molar-refractivity contribution in [3.8, 4) is 44.9 Å². The molecule has 0 fully saturated rings. The van der Waals surface area contributed by atoms with Crippen LogP contribution in [0.4, 0.5) is 17.1 Å². The van der Waals surface area contributed by atoms with Gasteiger partial charge >= 0.3 is 0 Å². The molecule has 1 spiro atoms. The van der Waals surface area contributed by atoms with Gasteiger partial charge in [0.05, 0.1) is 11.1 Å². The van der Waals surface area contributed by atoms with Crippen molar-refractivity contribution >= 4 is 27.8 Å². The normalized spacial score (nSPS) is 13.0. The maximum absolute atomic E-state index is 6.96. The molecule has 9 aromatic rings. The Morgan fingerprint density at radius 2 is 0.891 bits per heavy atom. The Hall–Kier alpha value is -7.16. The minimum atomic E-state index is -0.510. The molecule has 0 bridgehead atoms. The van der Waals surface area contributed by atoms with Gasteiger partial charge in [-0.1, -0.05) is 170 Å². The summed E-state index contributed by atoms with van der Waals surface area (Å²) in [6.45, 7) is 0. The topological polar surface area (TPSA) is 12.5 Å². The third-order valence-corrected chi connectivity index (χ3v) is 11.5. The van der Waals surface area contributed by atoms with E-state index in [0.29, 0.717) is 0 Å². The van der Waals surface area contributed by atoms with Crippen molar-refractivity contribution < 1.29 is 4.74 Å². The number of benzene rings is 9. The van der Waals surface area contributed by atoms with Gasteiger partial charge in [0.1, 0.15) is 11.5 Å². The molecule has 0 radical (unpaired) electrons. The molecule has 258 valence electrons. The molecule has 2 aliphatic rings. The van der Waals surface area contributed by atoms with E-state index in [-0.39, 0.29) is 0 Å². The second kappa shape index (κ2) is 12.5. The summed E-state index contributed by atoms with van der Waals surface area (Å²) in [5, 5.41) is 2.48. The quantitative estimate of drug-likeness (QED) is 0.177. The molecular weight excluding hydrogens is 667 g/mol. The smallest absolute Gasteiger partial charge is 0.134 e. The molecule has 11 rings (SSSR count). The molecule has 2 nitrogen and oxygen atoms in total. The summed E-state index contributed by atoms with van der Waals surface area (Å²) in [6.07, 6.45) is 0. The Morgan fingerprint density at radius 3 is 1.65 bits per heavy atom. The molecule has 0 unspecified atom stereocenters. The molecule has 1 aliphatic carbocycles. The Bertz CT molecular complexity index is 2860. The number of anilines is 3. The number of nitrogens with zero attached hydrogens (tertiary/aromatic N) is 1. The van der Waals surface area contributed by atoms with Crippen LogP contribution < -0.4 is 9.64 Å². The minimum Gasteiger partial charge on any atom is -0.457 e. The molecule has 0 saturated carbocycles. The van der Waals surface area contributed by atoms with Crippen molar-refractivity contribution in [3.05, 3.63) is 235 Å². The maximum atomic E-state index is 6.96. The van der Waals surface area contributed by atoms with Crippen molar-refractivity contribution in [2.24, 2.45) is 0 Å². The highest BCUT2D eigenvalue weighted by atomic mass is 16.5. The zero-order chi connectivity index (χ0) is 36.3. The van der Waals surface area contributed by atoms with Crippen molar-refractivity contribution in [2.45, 2.75) is 5.41 Å². The highest BCUT2D eigenvalue weighted by molar-refractivity contribution is 5.92. The van der Waals surface area contributed by atoms with Gasteiger partial charge in [0, 0.05) is 34.1 Å². The fraction of sp³-hybridized carbons (Fsp3) is 0.0189. The van der Waals surface area contributed by atoms with Crippen LogP contribution in [0.3, 0.4) is 0 Å². The largest absolute Gasteiger partial charge is 0.457 e. The fourth-order valence-corrected chi connectivity index (χ4v) is 9.12. The molecule has 9 aromatic carbocycles. The van der Waals surface area contributed by atoms with Crippen LogP contribution in [0.5, 0.6) is 11.5 Å². The van der Waals surface area contributed by atoms with Crippen molar-refractivity contribution in [1.82, 2.24) is 0 Å². The average Bonchev–Trinajstić information content (AvgIpc) is 3.55. The summed E-state index contributed by atoms with van der Waals surface area (Å²) in [5.41, 5.74) is 14.8. The Balaban J connectivity index is 1.11. The van der Waals surface area contributed by atoms with E-state index in [0.717, 1.165) is 45.3 Å². The maximum Gasteiger partial charge on any atom is 0.134 e. The molecule has 0 saturated heterocycles. The molecule has 2 heteroatoms. The van der Waals surface area contributed by atoms with E-state index >= 15 is 0 Å². The number of hydrogen-bond donors (Lipinski definition) is 0. The molecule has 0 aromatic heterocycles. The summed E-state index contributed by atoms with van der Waals surface area (Å²) in [7, 11) is 0. The zero-order valence-electron chi connectivity index (χ0n) is 30.1. The predicted molar refractivity (Wildman–Crippen MR) is 227 cm³/mol. The first-order chi connectivity index (χ1) is 27.3. The van der Waals surface area contributed by atoms with Crippen LogP contribution in [0, 0.1) is 0 Å². The van der Waals surface area contributed by atoms with Crippen LogP contribution in [0.25, 0.3) is 44.2 Å². The molecule has 1 aliphatic heterocycles. The summed E-state index contributed by atoms with van der Waals surface area (Å²) in [6, 6.07) is 76.7. The van der Waals surface area contributed by atoms with E-state index in [1.807, 2.05) is 0 Å². The van der Waals surface area contributed by atoms with Gasteiger partial charge in [-0.25, -0.2) is 0 Å². The molecule has 0 atom stereocenters. The Morgan fingerprint density at radius 1 is 0.327 bits per heavy atom. The zero-order valence-corrected chi connectivity index (χ0v) is 30.1. The summed E-state index contributed by atoms with van der Waals surface area (Å²) in [4.78, 5) is 2.37. The minimum absolute atomic E-state index is 0.510. The first-order valence-electron chi connectivity index (χ1n) is 18.9. The van der Waals surface area contributed by atoms with E-state index in [9.17, 15) is 0 Å². The van der Waals surface area contributed by atoms with Crippen LogP contribution in [0.15, 0.2) is 212 Å². The van der Waals surface area contributed by atoms with Gasteiger partial charge in [0.15, 0.2) is 0 Å². The lowest BCUT2D eigenvalue weighted by Crippen LogP contribution is -2.32. The van der Waals surface area contributed by atoms with Crippen molar-refractivity contribution in [3.63, 3.8) is 0 Å². The van der Waals surface area contributed by atoms with Gasteiger partial charge in [-0.3, -0.25) is 0 Å². The van der Waals surface area contributed by atoms with E-state index in [1.165, 1.54) is 49.7 Å². The van der Waals surface area contributed by atoms with Gasteiger partial charge < -0.3 is 9.64 Å². The summed E-state index contributed by atoms with van der Waals surface area (Å²) < 4.78 is 6.96. The fourth-order valence-electron chi connectivity index (χ4n) is 9.12. The highest BCUT2D eigenvalue weighted by Crippen LogP contribution is 2.62. The molecule has 0 amide bonds. The lowest BCUT2D eigenvalue weighted by molar-refractivity contribution is 0.436. The van der Waals surface area contributed by atoms with E-state index in [4.69, 9.17) is 4.74 Å². The van der Waals surface area contributed by atoms with Crippen LogP contribution in [0.1, 0.15) is 22.3 Å². The number of ether oxygens (including phenoxy) is 1. The SMILES string of the molecule is c1ccc(-c2ccccc2N(c2ccc(-c3ccc4ccccc4c3)cc2)c2ccc3c(c2)Oc2ccccc2C32c3ccccc3-c3ccccc32)cc1. The summed E-state index contributed by atoms with van der Waals surface area (Å²) >= 11 is 0. The monoisotopic (exact) mass is 701 g/mol.